The molecule has 0 bridgehead atoms. The van der Waals surface area contributed by atoms with Crippen molar-refractivity contribution in [3.05, 3.63) is 35.4 Å². The van der Waals surface area contributed by atoms with E-state index in [0.717, 1.165) is 38.1 Å². The largest absolute Gasteiger partial charge is 0.394 e. The quantitative estimate of drug-likeness (QED) is 0.854. The molecule has 0 saturated carbocycles. The molecule has 0 radical (unpaired) electrons. The molecule has 1 atom stereocenters. The Morgan fingerprint density at radius 3 is 2.56 bits per heavy atom. The van der Waals surface area contributed by atoms with E-state index in [4.69, 9.17) is 0 Å². The van der Waals surface area contributed by atoms with Crippen molar-refractivity contribution >= 4 is 0 Å². The standard InChI is InChI=1S/C12H15F2NO/c13-9-3-4-11(14)10(7-9)12(8-16)15-5-1-2-6-15/h3-4,7,12,16H,1-2,5-6,8H2. The molecule has 1 saturated heterocycles. The fraction of sp³-hybridized carbons (Fsp3) is 0.500. The van der Waals surface area contributed by atoms with Crippen LogP contribution in [0.2, 0.25) is 0 Å². The Kier molecular flexibility index (Phi) is 3.51. The predicted octanol–water partition coefficient (Wildman–Crippen LogP) is 2.09. The average molecular weight is 227 g/mol. The summed E-state index contributed by atoms with van der Waals surface area (Å²) in [5, 5.41) is 9.32. The molecule has 1 unspecified atom stereocenters. The molecule has 4 heteroatoms. The van der Waals surface area contributed by atoms with Crippen molar-refractivity contribution in [2.45, 2.75) is 18.9 Å². The normalized spacial score (nSPS) is 18.9. The van der Waals surface area contributed by atoms with Gasteiger partial charge in [-0.25, -0.2) is 8.78 Å². The molecule has 0 aromatic heterocycles. The lowest BCUT2D eigenvalue weighted by atomic mass is 10.1. The molecule has 88 valence electrons. The predicted molar refractivity (Wildman–Crippen MR) is 57.0 cm³/mol. The minimum atomic E-state index is -0.464. The van der Waals surface area contributed by atoms with E-state index >= 15 is 0 Å². The van der Waals surface area contributed by atoms with Crippen molar-refractivity contribution < 1.29 is 13.9 Å². The Labute approximate surface area is 93.5 Å². The molecule has 0 spiro atoms. The van der Waals surface area contributed by atoms with Crippen LogP contribution in [0.1, 0.15) is 24.4 Å². The van der Waals surface area contributed by atoms with Crippen molar-refractivity contribution in [1.82, 2.24) is 4.90 Å². The number of benzene rings is 1. The maximum Gasteiger partial charge on any atom is 0.128 e. The monoisotopic (exact) mass is 227 g/mol. The summed E-state index contributed by atoms with van der Waals surface area (Å²) >= 11 is 0. The summed E-state index contributed by atoms with van der Waals surface area (Å²) in [7, 11) is 0. The maximum atomic E-state index is 13.6. The molecule has 1 fully saturated rings. The third-order valence-corrected chi connectivity index (χ3v) is 3.07. The number of hydrogen-bond donors (Lipinski definition) is 1. The van der Waals surface area contributed by atoms with Crippen LogP contribution in [0.3, 0.4) is 0 Å². The highest BCUT2D eigenvalue weighted by atomic mass is 19.1. The summed E-state index contributed by atoms with van der Waals surface area (Å²) in [6.45, 7) is 1.49. The molecule has 1 aliphatic heterocycles. The smallest absolute Gasteiger partial charge is 0.128 e. The molecule has 2 nitrogen and oxygen atoms in total. The van der Waals surface area contributed by atoms with Gasteiger partial charge in [0, 0.05) is 5.56 Å². The van der Waals surface area contributed by atoms with E-state index in [0.29, 0.717) is 0 Å². The van der Waals surface area contributed by atoms with Crippen LogP contribution in [0.25, 0.3) is 0 Å². The fourth-order valence-electron chi connectivity index (χ4n) is 2.23. The summed E-state index contributed by atoms with van der Waals surface area (Å²) in [4.78, 5) is 2.00. The fourth-order valence-corrected chi connectivity index (χ4v) is 2.23. The van der Waals surface area contributed by atoms with Crippen LogP contribution in [0.5, 0.6) is 0 Å². The summed E-state index contributed by atoms with van der Waals surface area (Å²) in [5.41, 5.74) is 0.254. The van der Waals surface area contributed by atoms with Gasteiger partial charge in [-0.05, 0) is 44.1 Å². The van der Waals surface area contributed by atoms with Crippen LogP contribution in [0.15, 0.2) is 18.2 Å². The molecule has 1 N–H and O–H groups in total. The third-order valence-electron chi connectivity index (χ3n) is 3.07. The first-order valence-corrected chi connectivity index (χ1v) is 5.52. The van der Waals surface area contributed by atoms with Crippen LogP contribution in [-0.2, 0) is 0 Å². The van der Waals surface area contributed by atoms with Crippen LogP contribution < -0.4 is 0 Å². The molecule has 1 heterocycles. The number of nitrogens with zero attached hydrogens (tertiary/aromatic N) is 1. The molecule has 16 heavy (non-hydrogen) atoms. The highest BCUT2D eigenvalue weighted by Crippen LogP contribution is 2.27. The van der Waals surface area contributed by atoms with Gasteiger partial charge >= 0.3 is 0 Å². The minimum Gasteiger partial charge on any atom is -0.394 e. The van der Waals surface area contributed by atoms with E-state index in [9.17, 15) is 13.9 Å². The number of likely N-dealkylation sites (tertiary alicyclic amines) is 1. The molecule has 0 aliphatic carbocycles. The molecular formula is C12H15F2NO. The van der Waals surface area contributed by atoms with E-state index in [1.807, 2.05) is 4.90 Å². The molecule has 1 aliphatic rings. The van der Waals surface area contributed by atoms with Gasteiger partial charge in [0.15, 0.2) is 0 Å². The highest BCUT2D eigenvalue weighted by Gasteiger charge is 2.25. The Morgan fingerprint density at radius 2 is 1.94 bits per heavy atom. The second-order valence-corrected chi connectivity index (χ2v) is 4.11. The number of rotatable bonds is 3. The number of hydrogen-bond acceptors (Lipinski definition) is 2. The number of aliphatic hydroxyl groups excluding tert-OH is 1. The van der Waals surface area contributed by atoms with Gasteiger partial charge in [0.1, 0.15) is 11.6 Å². The Balaban J connectivity index is 2.28. The average Bonchev–Trinajstić information content (AvgIpc) is 2.78. The number of halogens is 2. The first kappa shape index (κ1) is 11.5. The van der Waals surface area contributed by atoms with Gasteiger partial charge in [-0.3, -0.25) is 4.90 Å². The number of aliphatic hydroxyl groups is 1. The Bertz CT molecular complexity index is 364. The molecule has 2 rings (SSSR count). The van der Waals surface area contributed by atoms with Crippen LogP contribution in [0, 0.1) is 11.6 Å². The van der Waals surface area contributed by atoms with Crippen molar-refractivity contribution in [1.29, 1.82) is 0 Å². The zero-order valence-electron chi connectivity index (χ0n) is 9.00. The molecule has 1 aromatic rings. The van der Waals surface area contributed by atoms with Crippen LogP contribution in [-0.4, -0.2) is 29.7 Å². The Hall–Kier alpha value is -1.00. The lowest BCUT2D eigenvalue weighted by Gasteiger charge is -2.26. The van der Waals surface area contributed by atoms with E-state index in [1.54, 1.807) is 0 Å². The van der Waals surface area contributed by atoms with Crippen molar-refractivity contribution in [3.63, 3.8) is 0 Å². The molecule has 1 aromatic carbocycles. The van der Waals surface area contributed by atoms with Crippen LogP contribution >= 0.6 is 0 Å². The Morgan fingerprint density at radius 1 is 1.25 bits per heavy atom. The zero-order valence-corrected chi connectivity index (χ0v) is 9.00. The van der Waals surface area contributed by atoms with E-state index in [2.05, 4.69) is 0 Å². The summed E-state index contributed by atoms with van der Waals surface area (Å²) in [6.07, 6.45) is 2.10. The zero-order chi connectivity index (χ0) is 11.5. The van der Waals surface area contributed by atoms with Gasteiger partial charge in [0.25, 0.3) is 0 Å². The second kappa shape index (κ2) is 4.89. The highest BCUT2D eigenvalue weighted by molar-refractivity contribution is 5.22. The lowest BCUT2D eigenvalue weighted by Crippen LogP contribution is -2.29. The topological polar surface area (TPSA) is 23.5 Å². The third kappa shape index (κ3) is 2.23. The van der Waals surface area contributed by atoms with Gasteiger partial charge in [-0.2, -0.15) is 0 Å². The van der Waals surface area contributed by atoms with E-state index < -0.39 is 17.7 Å². The van der Waals surface area contributed by atoms with Crippen molar-refractivity contribution in [2.24, 2.45) is 0 Å². The van der Waals surface area contributed by atoms with E-state index in [1.165, 1.54) is 6.07 Å². The summed E-state index contributed by atoms with van der Waals surface area (Å²) in [6, 6.07) is 2.97. The summed E-state index contributed by atoms with van der Waals surface area (Å²) < 4.78 is 26.6. The maximum absolute atomic E-state index is 13.6. The first-order chi connectivity index (χ1) is 7.72. The SMILES string of the molecule is OCC(c1cc(F)ccc1F)N1CCCC1. The lowest BCUT2D eigenvalue weighted by molar-refractivity contribution is 0.144. The summed E-state index contributed by atoms with van der Waals surface area (Å²) in [5.74, 6) is -0.915. The first-order valence-electron chi connectivity index (χ1n) is 5.52. The van der Waals surface area contributed by atoms with Gasteiger partial charge < -0.3 is 5.11 Å². The minimum absolute atomic E-state index is 0.180. The van der Waals surface area contributed by atoms with Gasteiger partial charge in [-0.15, -0.1) is 0 Å². The van der Waals surface area contributed by atoms with Crippen molar-refractivity contribution in [2.75, 3.05) is 19.7 Å². The van der Waals surface area contributed by atoms with Crippen LogP contribution in [0.4, 0.5) is 8.78 Å². The molecule has 0 amide bonds. The van der Waals surface area contributed by atoms with Gasteiger partial charge in [0.05, 0.1) is 12.6 Å². The van der Waals surface area contributed by atoms with E-state index in [-0.39, 0.29) is 12.2 Å². The van der Waals surface area contributed by atoms with Gasteiger partial charge in [-0.1, -0.05) is 0 Å². The second-order valence-electron chi connectivity index (χ2n) is 4.11. The van der Waals surface area contributed by atoms with Crippen molar-refractivity contribution in [3.8, 4) is 0 Å². The molecular weight excluding hydrogens is 212 g/mol. The van der Waals surface area contributed by atoms with Gasteiger partial charge in [0.2, 0.25) is 0 Å².